The number of likely N-dealkylation sites (tertiary alicyclic amines) is 1. The van der Waals surface area contributed by atoms with Crippen molar-refractivity contribution in [2.45, 2.75) is 89.2 Å². The van der Waals surface area contributed by atoms with Gasteiger partial charge < -0.3 is 30.6 Å². The van der Waals surface area contributed by atoms with Crippen LogP contribution in [-0.4, -0.2) is 67.2 Å². The molecule has 1 aliphatic carbocycles. The van der Waals surface area contributed by atoms with Gasteiger partial charge in [0.15, 0.2) is 11.6 Å². The molecule has 0 aromatic carbocycles. The highest BCUT2D eigenvalue weighted by Gasteiger charge is 2.35. The van der Waals surface area contributed by atoms with Gasteiger partial charge >= 0.3 is 0 Å². The van der Waals surface area contributed by atoms with Crippen LogP contribution in [0.25, 0.3) is 5.70 Å². The van der Waals surface area contributed by atoms with Crippen LogP contribution < -0.4 is 16.2 Å². The van der Waals surface area contributed by atoms with Crippen molar-refractivity contribution in [2.24, 2.45) is 5.73 Å². The van der Waals surface area contributed by atoms with Crippen molar-refractivity contribution < 1.29 is 19.0 Å². The highest BCUT2D eigenvalue weighted by molar-refractivity contribution is 7.16. The first kappa shape index (κ1) is 34.4. The van der Waals surface area contributed by atoms with E-state index >= 15 is 0 Å². The Morgan fingerprint density at radius 2 is 2.02 bits per heavy atom. The number of likely N-dealkylation sites (N-methyl/N-ethyl adjacent to an activating group) is 1. The number of thiophene rings is 1. The Hall–Kier alpha value is -3.48. The first-order valence-electron chi connectivity index (χ1n) is 15.9. The van der Waals surface area contributed by atoms with Gasteiger partial charge in [-0.25, -0.2) is 4.98 Å². The predicted octanol–water partition coefficient (Wildman–Crippen LogP) is 4.91. The molecule has 1 unspecified atom stereocenters. The summed E-state index contributed by atoms with van der Waals surface area (Å²) in [7, 11) is 3.80. The van der Waals surface area contributed by atoms with Crippen LogP contribution in [0.5, 0.6) is 5.88 Å². The molecule has 5 rings (SSSR count). The number of ketones is 1. The normalized spacial score (nSPS) is 21.7. The van der Waals surface area contributed by atoms with E-state index in [1.165, 1.54) is 11.3 Å². The molecule has 1 fully saturated rings. The first-order valence-corrected chi connectivity index (χ1v) is 16.7. The van der Waals surface area contributed by atoms with E-state index in [-0.39, 0.29) is 17.6 Å². The Morgan fingerprint density at radius 3 is 2.71 bits per heavy atom. The zero-order chi connectivity index (χ0) is 32.5. The van der Waals surface area contributed by atoms with Crippen LogP contribution in [0, 0.1) is 24.2 Å². The number of aryl methyl sites for hydroxylation is 1. The van der Waals surface area contributed by atoms with E-state index in [1.54, 1.807) is 7.11 Å². The molecule has 2 aromatic rings. The second-order valence-corrected chi connectivity index (χ2v) is 12.9. The van der Waals surface area contributed by atoms with Crippen LogP contribution in [0.4, 0.5) is 5.00 Å². The zero-order valence-electron chi connectivity index (χ0n) is 26.8. The number of hydrogen-bond acceptors (Lipinski definition) is 11. The Labute approximate surface area is 271 Å². The quantitative estimate of drug-likeness (QED) is 0.258. The number of nitrogens with two attached hydrogens (primary N) is 2. The summed E-state index contributed by atoms with van der Waals surface area (Å²) in [5.74, 6) is 0.283. The molecule has 3 atom stereocenters. The number of ether oxygens (including phenoxy) is 3. The molecule has 0 amide bonds. The molecule has 10 nitrogen and oxygen atoms in total. The Bertz CT molecular complexity index is 1440. The van der Waals surface area contributed by atoms with E-state index in [0.29, 0.717) is 73.0 Å². The molecule has 1 saturated heterocycles. The third kappa shape index (κ3) is 7.50. The molecule has 4 heterocycles. The lowest BCUT2D eigenvalue weighted by Gasteiger charge is -2.25. The summed E-state index contributed by atoms with van der Waals surface area (Å²) in [5, 5.41) is 10.3. The van der Waals surface area contributed by atoms with Gasteiger partial charge in [-0.15, -0.1) is 24.2 Å². The molecule has 11 heteroatoms. The number of rotatable bonds is 11. The molecule has 3 aliphatic rings. The van der Waals surface area contributed by atoms with Gasteiger partial charge in [-0.2, -0.15) is 10.2 Å². The SMILES string of the molecule is C#C.CCC/C(C(=O)C1CCCc2sc(N)c(C#N)c21)=C(/N)c1nc(OC[C@@H]2CCCN2C)c2c(n1)[C@@H](CCOC)OCCC2. The number of anilines is 1. The Balaban J connectivity index is 0.00000226. The molecule has 2 aliphatic heterocycles. The fourth-order valence-electron chi connectivity index (χ4n) is 6.62. The van der Waals surface area contributed by atoms with E-state index in [2.05, 4.69) is 30.9 Å². The molecule has 0 bridgehead atoms. The maximum atomic E-state index is 14.3. The van der Waals surface area contributed by atoms with Crippen LogP contribution in [0.2, 0.25) is 0 Å². The van der Waals surface area contributed by atoms with E-state index in [9.17, 15) is 10.1 Å². The summed E-state index contributed by atoms with van der Waals surface area (Å²) in [5.41, 5.74) is 16.8. The van der Waals surface area contributed by atoms with Crippen molar-refractivity contribution in [1.29, 1.82) is 5.26 Å². The van der Waals surface area contributed by atoms with Crippen molar-refractivity contribution in [3.05, 3.63) is 38.7 Å². The third-order valence-corrected chi connectivity index (χ3v) is 10.0. The van der Waals surface area contributed by atoms with E-state index in [1.807, 2.05) is 6.92 Å². The molecule has 45 heavy (non-hydrogen) atoms. The topological polar surface area (TPSA) is 150 Å². The summed E-state index contributed by atoms with van der Waals surface area (Å²) in [6.45, 7) is 4.72. The second-order valence-electron chi connectivity index (χ2n) is 11.8. The van der Waals surface area contributed by atoms with E-state index in [4.69, 9.17) is 35.6 Å². The van der Waals surface area contributed by atoms with Crippen molar-refractivity contribution >= 4 is 27.8 Å². The van der Waals surface area contributed by atoms with Crippen LogP contribution in [0.3, 0.4) is 0 Å². The van der Waals surface area contributed by atoms with Gasteiger partial charge in [-0.05, 0) is 70.5 Å². The van der Waals surface area contributed by atoms with Gasteiger partial charge in [0.25, 0.3) is 0 Å². The number of nitrogen functional groups attached to an aromatic ring is 1. The van der Waals surface area contributed by atoms with Crippen molar-refractivity contribution in [3.8, 4) is 24.8 Å². The molecule has 0 saturated carbocycles. The number of fused-ring (bicyclic) bond motifs is 2. The van der Waals surface area contributed by atoms with Gasteiger partial charge in [0.2, 0.25) is 5.88 Å². The van der Waals surface area contributed by atoms with Crippen molar-refractivity contribution in [3.63, 3.8) is 0 Å². The molecule has 2 aromatic heterocycles. The smallest absolute Gasteiger partial charge is 0.220 e. The molecular formula is C34H46N6O4S. The van der Waals surface area contributed by atoms with Crippen LogP contribution in [-0.2, 0) is 27.1 Å². The average Bonchev–Trinajstić information content (AvgIpc) is 3.55. The molecule has 4 N–H and O–H groups in total. The second kappa shape index (κ2) is 16.2. The van der Waals surface area contributed by atoms with Crippen LogP contribution >= 0.6 is 11.3 Å². The largest absolute Gasteiger partial charge is 0.476 e. The number of methoxy groups -OCH3 is 1. The number of hydrogen-bond donors (Lipinski definition) is 2. The lowest BCUT2D eigenvalue weighted by Crippen LogP contribution is -2.31. The predicted molar refractivity (Wildman–Crippen MR) is 177 cm³/mol. The number of Topliss-reactive ketones (excluding diaryl/α,β-unsaturated/α-hetero) is 1. The summed E-state index contributed by atoms with van der Waals surface area (Å²) < 4.78 is 18.1. The monoisotopic (exact) mass is 634 g/mol. The average molecular weight is 635 g/mol. The van der Waals surface area contributed by atoms with Crippen LogP contribution in [0.1, 0.15) is 103 Å². The number of allylic oxidation sites excluding steroid dienone is 1. The van der Waals surface area contributed by atoms with Gasteiger partial charge in [-0.3, -0.25) is 4.79 Å². The highest BCUT2D eigenvalue weighted by Crippen LogP contribution is 2.44. The van der Waals surface area contributed by atoms with Gasteiger partial charge in [-0.1, -0.05) is 13.3 Å². The molecular weight excluding hydrogens is 588 g/mol. The van der Waals surface area contributed by atoms with Gasteiger partial charge in [0.1, 0.15) is 23.8 Å². The maximum absolute atomic E-state index is 14.3. The molecule has 242 valence electrons. The standard InChI is InChI=1S/C32H44N6O4S.C2H2/c1-4-8-21(29(39)20-10-5-12-25-26(20)23(17-33)30(35)43-25)27(34)31-36-28-22(11-7-15-41-24(28)13-16-40-3)32(37-31)42-18-19-9-6-14-38(19)2;1-2/h19-20,24H,4-16,18,34-35H2,1-3H3;1-2H/b27-21-;/t19-,20?,24+;/m0./s1. The van der Waals surface area contributed by atoms with E-state index in [0.717, 1.165) is 73.2 Å². The van der Waals surface area contributed by atoms with Gasteiger partial charge in [0.05, 0.1) is 17.0 Å². The maximum Gasteiger partial charge on any atom is 0.220 e. The summed E-state index contributed by atoms with van der Waals surface area (Å²) in [6, 6.07) is 2.56. The van der Waals surface area contributed by atoms with E-state index < -0.39 is 5.92 Å². The Kier molecular flexibility index (Phi) is 12.4. The van der Waals surface area contributed by atoms with Crippen molar-refractivity contribution in [2.75, 3.05) is 46.3 Å². The minimum absolute atomic E-state index is 0.0737. The van der Waals surface area contributed by atoms with Gasteiger partial charge in [0, 0.05) is 54.7 Å². The minimum Gasteiger partial charge on any atom is -0.476 e. The number of nitrogens with zero attached hydrogens (tertiary/aromatic N) is 4. The third-order valence-electron chi connectivity index (χ3n) is 8.95. The summed E-state index contributed by atoms with van der Waals surface area (Å²) >= 11 is 1.42. The Morgan fingerprint density at radius 1 is 1.22 bits per heavy atom. The number of carbonyl (C=O) groups excluding carboxylic acids is 1. The number of nitriles is 1. The molecule has 0 spiro atoms. The first-order chi connectivity index (χ1) is 21.9. The fraction of sp³-hybridized carbons (Fsp3) is 0.588. The minimum atomic E-state index is -0.459. The number of carbonyl (C=O) groups is 1. The zero-order valence-corrected chi connectivity index (χ0v) is 27.6. The lowest BCUT2D eigenvalue weighted by atomic mass is 9.79. The number of aromatic nitrogens is 2. The van der Waals surface area contributed by atoms with Crippen LogP contribution in [0.15, 0.2) is 5.57 Å². The lowest BCUT2D eigenvalue weighted by molar-refractivity contribution is -0.117. The number of terminal acetylenes is 1. The summed E-state index contributed by atoms with van der Waals surface area (Å²) in [6.07, 6.45) is 15.7. The molecule has 0 radical (unpaired) electrons. The van der Waals surface area contributed by atoms with Crippen molar-refractivity contribution in [1.82, 2.24) is 14.9 Å². The highest BCUT2D eigenvalue weighted by atomic mass is 32.1. The fourth-order valence-corrected chi connectivity index (χ4v) is 7.75. The summed E-state index contributed by atoms with van der Waals surface area (Å²) in [4.78, 5) is 27.5.